The molecule has 1 aromatic rings. The van der Waals surface area contributed by atoms with Gasteiger partial charge < -0.3 is 0 Å². The zero-order chi connectivity index (χ0) is 11.5. The highest BCUT2D eigenvalue weighted by Crippen LogP contribution is 2.12. The molecule has 0 saturated heterocycles. The fourth-order valence-electron chi connectivity index (χ4n) is 1.41. The fourth-order valence-corrected chi connectivity index (χ4v) is 1.53. The zero-order valence-electron chi connectivity index (χ0n) is 10.2. The van der Waals surface area contributed by atoms with Crippen molar-refractivity contribution in [3.05, 3.63) is 34.9 Å². The van der Waals surface area contributed by atoms with Crippen molar-refractivity contribution >= 4 is 11.6 Å². The van der Waals surface area contributed by atoms with E-state index in [9.17, 15) is 0 Å². The van der Waals surface area contributed by atoms with Gasteiger partial charge in [-0.2, -0.15) is 0 Å². The van der Waals surface area contributed by atoms with Gasteiger partial charge in [-0.05, 0) is 30.5 Å². The number of rotatable bonds is 5. The molecule has 0 aliphatic carbocycles. The Morgan fingerprint density at radius 1 is 0.933 bits per heavy atom. The maximum atomic E-state index is 5.80. The van der Waals surface area contributed by atoms with E-state index in [1.165, 1.54) is 37.7 Å². The Balaban J connectivity index is 0.000000921. The van der Waals surface area contributed by atoms with E-state index in [0.717, 1.165) is 5.02 Å². The Labute approximate surface area is 99.7 Å². The van der Waals surface area contributed by atoms with Gasteiger partial charge >= 0.3 is 0 Å². The SMILES string of the molecule is CC.CCCCCCc1ccc(Cl)cc1. The van der Waals surface area contributed by atoms with Crippen LogP contribution in [0.2, 0.25) is 5.02 Å². The Kier molecular flexibility index (Phi) is 9.71. The summed E-state index contributed by atoms with van der Waals surface area (Å²) in [5.74, 6) is 0. The standard InChI is InChI=1S/C12H17Cl.C2H6/c1-2-3-4-5-6-11-7-9-12(13)10-8-11;1-2/h7-10H,2-6H2,1H3;1-2H3. The Morgan fingerprint density at radius 2 is 1.53 bits per heavy atom. The molecule has 15 heavy (non-hydrogen) atoms. The predicted octanol–water partition coefficient (Wildman–Crippen LogP) is 5.49. The van der Waals surface area contributed by atoms with Crippen molar-refractivity contribution in [2.24, 2.45) is 0 Å². The van der Waals surface area contributed by atoms with Crippen LogP contribution < -0.4 is 0 Å². The maximum Gasteiger partial charge on any atom is 0.0406 e. The summed E-state index contributed by atoms with van der Waals surface area (Å²) in [6, 6.07) is 8.18. The summed E-state index contributed by atoms with van der Waals surface area (Å²) in [4.78, 5) is 0. The van der Waals surface area contributed by atoms with Crippen LogP contribution in [0.3, 0.4) is 0 Å². The molecule has 1 aromatic carbocycles. The van der Waals surface area contributed by atoms with Crippen LogP contribution in [-0.2, 0) is 6.42 Å². The number of halogens is 1. The molecule has 0 spiro atoms. The molecule has 0 nitrogen and oxygen atoms in total. The first-order valence-electron chi connectivity index (χ1n) is 6.07. The van der Waals surface area contributed by atoms with Gasteiger partial charge in [0.1, 0.15) is 0 Å². The Hall–Kier alpha value is -0.490. The third-order valence-corrected chi connectivity index (χ3v) is 2.48. The number of hydrogen-bond acceptors (Lipinski definition) is 0. The molecule has 0 aliphatic rings. The van der Waals surface area contributed by atoms with E-state index in [2.05, 4.69) is 19.1 Å². The Bertz CT molecular complexity index is 226. The lowest BCUT2D eigenvalue weighted by atomic mass is 10.1. The monoisotopic (exact) mass is 226 g/mol. The summed E-state index contributed by atoms with van der Waals surface area (Å²) in [5.41, 5.74) is 1.40. The molecule has 1 rings (SSSR count). The molecule has 0 bridgehead atoms. The highest BCUT2D eigenvalue weighted by atomic mass is 35.5. The smallest absolute Gasteiger partial charge is 0.0406 e. The second-order valence-corrected chi connectivity index (χ2v) is 3.87. The van der Waals surface area contributed by atoms with Crippen LogP contribution in [0.1, 0.15) is 52.0 Å². The zero-order valence-corrected chi connectivity index (χ0v) is 11.0. The van der Waals surface area contributed by atoms with E-state index in [4.69, 9.17) is 11.6 Å². The lowest BCUT2D eigenvalue weighted by Gasteiger charge is -2.00. The van der Waals surface area contributed by atoms with E-state index < -0.39 is 0 Å². The van der Waals surface area contributed by atoms with Crippen LogP contribution >= 0.6 is 11.6 Å². The average molecular weight is 227 g/mol. The molecule has 0 atom stereocenters. The highest BCUT2D eigenvalue weighted by Gasteiger charge is 1.93. The molecular formula is C14H23Cl. The second kappa shape index (κ2) is 10.0. The third-order valence-electron chi connectivity index (χ3n) is 2.23. The van der Waals surface area contributed by atoms with E-state index in [0.29, 0.717) is 0 Å². The summed E-state index contributed by atoms with van der Waals surface area (Å²) < 4.78 is 0. The van der Waals surface area contributed by atoms with Crippen molar-refractivity contribution in [3.8, 4) is 0 Å². The van der Waals surface area contributed by atoms with Crippen molar-refractivity contribution in [1.82, 2.24) is 0 Å². The molecule has 0 aliphatic heterocycles. The molecule has 1 heteroatoms. The largest absolute Gasteiger partial charge is 0.0843 e. The number of aryl methyl sites for hydroxylation is 1. The summed E-state index contributed by atoms with van der Waals surface area (Å²) in [6.07, 6.45) is 6.50. The molecule has 0 N–H and O–H groups in total. The van der Waals surface area contributed by atoms with E-state index >= 15 is 0 Å². The van der Waals surface area contributed by atoms with Gasteiger partial charge in [0, 0.05) is 5.02 Å². The van der Waals surface area contributed by atoms with Gasteiger partial charge in [-0.1, -0.05) is 63.8 Å². The maximum absolute atomic E-state index is 5.80. The molecule has 86 valence electrons. The van der Waals surface area contributed by atoms with Gasteiger partial charge in [0.15, 0.2) is 0 Å². The summed E-state index contributed by atoms with van der Waals surface area (Å²) in [6.45, 7) is 6.24. The van der Waals surface area contributed by atoms with Crippen molar-refractivity contribution in [3.63, 3.8) is 0 Å². The van der Waals surface area contributed by atoms with Gasteiger partial charge in [0.25, 0.3) is 0 Å². The number of unbranched alkanes of at least 4 members (excludes halogenated alkanes) is 3. The van der Waals surface area contributed by atoms with Crippen LogP contribution in [0.4, 0.5) is 0 Å². The van der Waals surface area contributed by atoms with Gasteiger partial charge in [-0.3, -0.25) is 0 Å². The van der Waals surface area contributed by atoms with Crippen LogP contribution in [0, 0.1) is 0 Å². The topological polar surface area (TPSA) is 0 Å². The molecule has 0 saturated carbocycles. The first-order valence-corrected chi connectivity index (χ1v) is 6.45. The molecule has 0 amide bonds. The van der Waals surface area contributed by atoms with Gasteiger partial charge in [0.2, 0.25) is 0 Å². The molecule has 0 aromatic heterocycles. The van der Waals surface area contributed by atoms with E-state index in [1.54, 1.807) is 0 Å². The molecule has 0 radical (unpaired) electrons. The average Bonchev–Trinajstić information content (AvgIpc) is 2.30. The van der Waals surface area contributed by atoms with Crippen LogP contribution in [0.15, 0.2) is 24.3 Å². The van der Waals surface area contributed by atoms with Gasteiger partial charge in [-0.15, -0.1) is 0 Å². The summed E-state index contributed by atoms with van der Waals surface area (Å²) >= 11 is 5.80. The molecule has 0 fully saturated rings. The second-order valence-electron chi connectivity index (χ2n) is 3.44. The minimum absolute atomic E-state index is 0.831. The van der Waals surface area contributed by atoms with E-state index in [-0.39, 0.29) is 0 Å². The van der Waals surface area contributed by atoms with Crippen LogP contribution in [-0.4, -0.2) is 0 Å². The predicted molar refractivity (Wildman–Crippen MR) is 70.6 cm³/mol. The quantitative estimate of drug-likeness (QED) is 0.583. The highest BCUT2D eigenvalue weighted by molar-refractivity contribution is 6.30. The third kappa shape index (κ3) is 7.44. The molecule has 0 unspecified atom stereocenters. The Morgan fingerprint density at radius 3 is 2.07 bits per heavy atom. The van der Waals surface area contributed by atoms with Crippen LogP contribution in [0.5, 0.6) is 0 Å². The lowest BCUT2D eigenvalue weighted by Crippen LogP contribution is -1.84. The van der Waals surface area contributed by atoms with Crippen molar-refractivity contribution in [2.45, 2.75) is 52.9 Å². The first kappa shape index (κ1) is 14.5. The fraction of sp³-hybridized carbons (Fsp3) is 0.571. The summed E-state index contributed by atoms with van der Waals surface area (Å²) in [5, 5.41) is 0.831. The molecular weight excluding hydrogens is 204 g/mol. The molecule has 0 heterocycles. The minimum atomic E-state index is 0.831. The normalized spacial score (nSPS) is 9.33. The minimum Gasteiger partial charge on any atom is -0.0843 e. The van der Waals surface area contributed by atoms with Crippen LogP contribution in [0.25, 0.3) is 0 Å². The number of hydrogen-bond donors (Lipinski definition) is 0. The van der Waals surface area contributed by atoms with Crippen molar-refractivity contribution in [2.75, 3.05) is 0 Å². The summed E-state index contributed by atoms with van der Waals surface area (Å²) in [7, 11) is 0. The van der Waals surface area contributed by atoms with Gasteiger partial charge in [0.05, 0.1) is 0 Å². The van der Waals surface area contributed by atoms with Crippen molar-refractivity contribution < 1.29 is 0 Å². The van der Waals surface area contributed by atoms with E-state index in [1.807, 2.05) is 26.0 Å². The van der Waals surface area contributed by atoms with Crippen molar-refractivity contribution in [1.29, 1.82) is 0 Å². The van der Waals surface area contributed by atoms with Gasteiger partial charge in [-0.25, -0.2) is 0 Å². The number of benzene rings is 1. The lowest BCUT2D eigenvalue weighted by molar-refractivity contribution is 0.667. The first-order chi connectivity index (χ1) is 7.33.